The quantitative estimate of drug-likeness (QED) is 0.846. The molecule has 0 radical (unpaired) electrons. The summed E-state index contributed by atoms with van der Waals surface area (Å²) in [5.41, 5.74) is 6.84. The lowest BCUT2D eigenvalue weighted by molar-refractivity contribution is 0.109. The lowest BCUT2D eigenvalue weighted by Crippen LogP contribution is -2.11. The molecule has 0 heterocycles. The lowest BCUT2D eigenvalue weighted by Gasteiger charge is -2.14. The number of ether oxygens (including phenoxy) is 1. The molecule has 0 aliphatic carbocycles. The summed E-state index contributed by atoms with van der Waals surface area (Å²) >= 11 is 5.63. The standard InChI is InChI=1S/C14H13ClFNO2/c15-11-7-9(5-6-12(11)16)19-8-14(18)10-3-1-2-4-13(10)17/h1-7,14,18H,8,17H2. The lowest BCUT2D eigenvalue weighted by atomic mass is 10.1. The highest BCUT2D eigenvalue weighted by atomic mass is 35.5. The number of para-hydroxylation sites is 1. The summed E-state index contributed by atoms with van der Waals surface area (Å²) in [6, 6.07) is 11.0. The number of aliphatic hydroxyl groups is 1. The van der Waals surface area contributed by atoms with Crippen molar-refractivity contribution >= 4 is 17.3 Å². The number of hydrogen-bond donors (Lipinski definition) is 2. The van der Waals surface area contributed by atoms with Gasteiger partial charge >= 0.3 is 0 Å². The molecule has 100 valence electrons. The van der Waals surface area contributed by atoms with Gasteiger partial charge in [0.25, 0.3) is 0 Å². The molecule has 0 aliphatic rings. The monoisotopic (exact) mass is 281 g/mol. The Bertz CT molecular complexity index is 577. The first-order valence-corrected chi connectivity index (χ1v) is 6.06. The maximum absolute atomic E-state index is 13.0. The van der Waals surface area contributed by atoms with E-state index in [9.17, 15) is 9.50 Å². The van der Waals surface area contributed by atoms with E-state index in [0.717, 1.165) is 0 Å². The number of benzene rings is 2. The smallest absolute Gasteiger partial charge is 0.142 e. The zero-order valence-corrected chi connectivity index (χ0v) is 10.8. The van der Waals surface area contributed by atoms with Crippen molar-refractivity contribution in [3.63, 3.8) is 0 Å². The van der Waals surface area contributed by atoms with Crippen molar-refractivity contribution in [3.05, 3.63) is 58.9 Å². The summed E-state index contributed by atoms with van der Waals surface area (Å²) in [5.74, 6) is -0.123. The highest BCUT2D eigenvalue weighted by molar-refractivity contribution is 6.30. The number of nitrogen functional groups attached to an aromatic ring is 1. The van der Waals surface area contributed by atoms with E-state index >= 15 is 0 Å². The topological polar surface area (TPSA) is 55.5 Å². The average molecular weight is 282 g/mol. The Hall–Kier alpha value is -1.78. The summed E-state index contributed by atoms with van der Waals surface area (Å²) in [5, 5.41) is 9.95. The molecule has 0 spiro atoms. The summed E-state index contributed by atoms with van der Waals surface area (Å²) < 4.78 is 18.3. The Morgan fingerprint density at radius 2 is 2.00 bits per heavy atom. The maximum Gasteiger partial charge on any atom is 0.142 e. The third-order valence-electron chi connectivity index (χ3n) is 2.65. The molecule has 1 unspecified atom stereocenters. The Morgan fingerprint density at radius 3 is 2.68 bits per heavy atom. The molecule has 0 aromatic heterocycles. The number of halogens is 2. The zero-order valence-electron chi connectivity index (χ0n) is 10.0. The Balaban J connectivity index is 2.02. The van der Waals surface area contributed by atoms with E-state index in [0.29, 0.717) is 17.0 Å². The van der Waals surface area contributed by atoms with Gasteiger partial charge in [0.2, 0.25) is 0 Å². The zero-order chi connectivity index (χ0) is 13.8. The fourth-order valence-corrected chi connectivity index (χ4v) is 1.82. The van der Waals surface area contributed by atoms with Crippen molar-refractivity contribution < 1.29 is 14.2 Å². The summed E-state index contributed by atoms with van der Waals surface area (Å²) in [6.45, 7) is 0.0101. The Labute approximate surface area is 115 Å². The number of aliphatic hydroxyl groups excluding tert-OH is 1. The van der Waals surface area contributed by atoms with Crippen molar-refractivity contribution in [3.8, 4) is 5.75 Å². The van der Waals surface area contributed by atoms with Crippen LogP contribution in [0.25, 0.3) is 0 Å². The first-order valence-electron chi connectivity index (χ1n) is 5.68. The van der Waals surface area contributed by atoms with Gasteiger partial charge in [0.1, 0.15) is 24.3 Å². The van der Waals surface area contributed by atoms with Gasteiger partial charge in [-0.3, -0.25) is 0 Å². The van der Waals surface area contributed by atoms with E-state index in [4.69, 9.17) is 22.1 Å². The largest absolute Gasteiger partial charge is 0.490 e. The molecule has 0 fully saturated rings. The second-order valence-electron chi connectivity index (χ2n) is 4.03. The van der Waals surface area contributed by atoms with Crippen molar-refractivity contribution in [1.82, 2.24) is 0 Å². The van der Waals surface area contributed by atoms with Crippen LogP contribution in [0, 0.1) is 5.82 Å². The minimum atomic E-state index is -0.856. The van der Waals surface area contributed by atoms with Gasteiger partial charge in [-0.1, -0.05) is 29.8 Å². The Kier molecular flexibility index (Phi) is 4.24. The van der Waals surface area contributed by atoms with Gasteiger partial charge in [-0.05, 0) is 18.2 Å². The maximum atomic E-state index is 13.0. The first kappa shape index (κ1) is 13.6. The fourth-order valence-electron chi connectivity index (χ4n) is 1.65. The molecular formula is C14H13ClFNO2. The van der Waals surface area contributed by atoms with Gasteiger partial charge in [0, 0.05) is 17.3 Å². The van der Waals surface area contributed by atoms with Crippen LogP contribution < -0.4 is 10.5 Å². The van der Waals surface area contributed by atoms with Crippen LogP contribution >= 0.6 is 11.6 Å². The van der Waals surface area contributed by atoms with Crippen molar-refractivity contribution in [2.75, 3.05) is 12.3 Å². The third kappa shape index (κ3) is 3.36. The van der Waals surface area contributed by atoms with Crippen LogP contribution in [0.15, 0.2) is 42.5 Å². The number of nitrogens with two attached hydrogens (primary N) is 1. The van der Waals surface area contributed by atoms with E-state index in [1.165, 1.54) is 18.2 Å². The van der Waals surface area contributed by atoms with Gasteiger partial charge in [0.05, 0.1) is 5.02 Å². The molecule has 0 amide bonds. The molecule has 1 atom stereocenters. The van der Waals surface area contributed by atoms with Crippen LogP contribution in [0.1, 0.15) is 11.7 Å². The molecule has 2 rings (SSSR count). The summed E-state index contributed by atoms with van der Waals surface area (Å²) in [7, 11) is 0. The van der Waals surface area contributed by atoms with E-state index in [1.54, 1.807) is 24.3 Å². The minimum absolute atomic E-state index is 0.0101. The van der Waals surface area contributed by atoms with Gasteiger partial charge in [0.15, 0.2) is 0 Å². The molecule has 2 aromatic rings. The minimum Gasteiger partial charge on any atom is -0.490 e. The number of hydrogen-bond acceptors (Lipinski definition) is 3. The summed E-state index contributed by atoms with van der Waals surface area (Å²) in [4.78, 5) is 0. The van der Waals surface area contributed by atoms with Crippen molar-refractivity contribution in [2.24, 2.45) is 0 Å². The number of anilines is 1. The highest BCUT2D eigenvalue weighted by Crippen LogP contribution is 2.24. The van der Waals surface area contributed by atoms with Crippen LogP contribution in [0.2, 0.25) is 5.02 Å². The molecule has 5 heteroatoms. The fraction of sp³-hybridized carbons (Fsp3) is 0.143. The van der Waals surface area contributed by atoms with Crippen LogP contribution in [-0.4, -0.2) is 11.7 Å². The second kappa shape index (κ2) is 5.91. The van der Waals surface area contributed by atoms with Crippen molar-refractivity contribution in [1.29, 1.82) is 0 Å². The normalized spacial score (nSPS) is 12.2. The van der Waals surface area contributed by atoms with Gasteiger partial charge in [-0.25, -0.2) is 4.39 Å². The van der Waals surface area contributed by atoms with E-state index < -0.39 is 11.9 Å². The highest BCUT2D eigenvalue weighted by Gasteiger charge is 2.11. The van der Waals surface area contributed by atoms with E-state index in [2.05, 4.69) is 0 Å². The predicted molar refractivity (Wildman–Crippen MR) is 72.7 cm³/mol. The van der Waals surface area contributed by atoms with Crippen LogP contribution in [-0.2, 0) is 0 Å². The van der Waals surface area contributed by atoms with Gasteiger partial charge in [-0.15, -0.1) is 0 Å². The Morgan fingerprint density at radius 1 is 1.26 bits per heavy atom. The first-order chi connectivity index (χ1) is 9.08. The molecule has 0 aliphatic heterocycles. The van der Waals surface area contributed by atoms with Gasteiger partial charge < -0.3 is 15.6 Å². The van der Waals surface area contributed by atoms with Gasteiger partial charge in [-0.2, -0.15) is 0 Å². The molecular weight excluding hydrogens is 269 g/mol. The summed E-state index contributed by atoms with van der Waals surface area (Å²) in [6.07, 6.45) is -0.856. The number of rotatable bonds is 4. The average Bonchev–Trinajstić information content (AvgIpc) is 2.40. The molecule has 19 heavy (non-hydrogen) atoms. The van der Waals surface area contributed by atoms with Crippen LogP contribution in [0.3, 0.4) is 0 Å². The molecule has 0 bridgehead atoms. The molecule has 3 N–H and O–H groups in total. The van der Waals surface area contributed by atoms with E-state index in [1.807, 2.05) is 0 Å². The second-order valence-corrected chi connectivity index (χ2v) is 4.44. The molecule has 3 nitrogen and oxygen atoms in total. The molecule has 2 aromatic carbocycles. The van der Waals surface area contributed by atoms with Crippen molar-refractivity contribution in [2.45, 2.75) is 6.10 Å². The predicted octanol–water partition coefficient (Wildman–Crippen LogP) is 3.17. The third-order valence-corrected chi connectivity index (χ3v) is 2.94. The molecule has 0 saturated carbocycles. The van der Waals surface area contributed by atoms with Crippen LogP contribution in [0.5, 0.6) is 5.75 Å². The SMILES string of the molecule is Nc1ccccc1C(O)COc1ccc(F)c(Cl)c1. The molecule has 0 saturated heterocycles. The van der Waals surface area contributed by atoms with Crippen LogP contribution in [0.4, 0.5) is 10.1 Å². The van der Waals surface area contributed by atoms with E-state index in [-0.39, 0.29) is 11.6 Å².